The van der Waals surface area contributed by atoms with Gasteiger partial charge in [0.1, 0.15) is 0 Å². The van der Waals surface area contributed by atoms with E-state index in [2.05, 4.69) is 16.7 Å². The van der Waals surface area contributed by atoms with Gasteiger partial charge < -0.3 is 15.4 Å². The maximum absolute atomic E-state index is 12.3. The van der Waals surface area contributed by atoms with E-state index in [-0.39, 0.29) is 23.8 Å². The molecule has 0 aromatic heterocycles. The molecule has 0 bridgehead atoms. The molecule has 0 radical (unpaired) electrons. The molecule has 1 saturated heterocycles. The van der Waals surface area contributed by atoms with Crippen molar-refractivity contribution in [3.8, 4) is 0 Å². The Morgan fingerprint density at radius 1 is 1.43 bits per heavy atom. The van der Waals surface area contributed by atoms with Gasteiger partial charge in [0.25, 0.3) is 0 Å². The minimum Gasteiger partial charge on any atom is -0.383 e. The van der Waals surface area contributed by atoms with Crippen LogP contribution in [-0.4, -0.2) is 38.1 Å². The molecule has 5 heteroatoms. The second-order valence-electron chi connectivity index (χ2n) is 5.92. The summed E-state index contributed by atoms with van der Waals surface area (Å²) >= 11 is 0. The highest BCUT2D eigenvalue weighted by Gasteiger charge is 2.33. The first kappa shape index (κ1) is 16.0. The minimum absolute atomic E-state index is 0.00783. The van der Waals surface area contributed by atoms with Crippen LogP contribution in [0.4, 0.5) is 0 Å². The quantitative estimate of drug-likeness (QED) is 0.730. The Kier molecular flexibility index (Phi) is 6.23. The Morgan fingerprint density at radius 2 is 2.29 bits per heavy atom. The number of rotatable bonds is 6. The van der Waals surface area contributed by atoms with Gasteiger partial charge in [-0.2, -0.15) is 0 Å². The highest BCUT2D eigenvalue weighted by atomic mass is 16.5. The fourth-order valence-electron chi connectivity index (χ4n) is 3.13. The number of hydrogen-bond donors (Lipinski definition) is 2. The molecule has 0 saturated carbocycles. The van der Waals surface area contributed by atoms with E-state index in [1.54, 1.807) is 7.11 Å². The molecule has 0 unspecified atom stereocenters. The molecule has 0 spiro atoms. The number of allylic oxidation sites excluding steroid dienone is 1. The average molecular weight is 294 g/mol. The summed E-state index contributed by atoms with van der Waals surface area (Å²) in [5, 5.41) is 5.87. The molecule has 1 fully saturated rings. The predicted octanol–water partition coefficient (Wildman–Crippen LogP) is 1.53. The number of hydrogen-bond acceptors (Lipinski definition) is 3. The van der Waals surface area contributed by atoms with E-state index >= 15 is 0 Å². The number of amides is 2. The first-order chi connectivity index (χ1) is 10.2. The van der Waals surface area contributed by atoms with Crippen LogP contribution in [0.1, 0.15) is 44.9 Å². The number of piperidine rings is 1. The zero-order valence-corrected chi connectivity index (χ0v) is 12.8. The van der Waals surface area contributed by atoms with E-state index in [1.165, 1.54) is 31.3 Å². The van der Waals surface area contributed by atoms with Crippen LogP contribution in [0.3, 0.4) is 0 Å². The molecule has 5 nitrogen and oxygen atoms in total. The minimum atomic E-state index is -0.204. The van der Waals surface area contributed by atoms with E-state index in [4.69, 9.17) is 4.74 Å². The van der Waals surface area contributed by atoms with Gasteiger partial charge in [-0.1, -0.05) is 11.6 Å². The van der Waals surface area contributed by atoms with Crippen LogP contribution in [0.2, 0.25) is 0 Å². The van der Waals surface area contributed by atoms with E-state index in [9.17, 15) is 9.59 Å². The van der Waals surface area contributed by atoms with Crippen molar-refractivity contribution in [2.45, 2.75) is 51.0 Å². The van der Waals surface area contributed by atoms with Gasteiger partial charge in [0.15, 0.2) is 0 Å². The molecule has 2 N–H and O–H groups in total. The lowest BCUT2D eigenvalue weighted by molar-refractivity contribution is -0.132. The van der Waals surface area contributed by atoms with Gasteiger partial charge in [-0.05, 0) is 38.5 Å². The molecule has 21 heavy (non-hydrogen) atoms. The molecule has 0 aromatic carbocycles. The van der Waals surface area contributed by atoms with Crippen molar-refractivity contribution in [1.82, 2.24) is 10.6 Å². The third kappa shape index (κ3) is 4.84. The lowest BCUT2D eigenvalue weighted by atomic mass is 9.90. The molecule has 2 rings (SSSR count). The van der Waals surface area contributed by atoms with E-state index in [0.717, 1.165) is 6.42 Å². The Labute approximate surface area is 126 Å². The smallest absolute Gasteiger partial charge is 0.225 e. The SMILES string of the molecule is COC[C@H]1NC(=O)CC[C@H]1C(=O)NCCC1=CCCCC1. The molecule has 0 aromatic rings. The molecule has 2 aliphatic rings. The molecule has 2 atom stereocenters. The summed E-state index contributed by atoms with van der Waals surface area (Å²) in [7, 11) is 1.59. The van der Waals surface area contributed by atoms with Crippen LogP contribution in [0.25, 0.3) is 0 Å². The van der Waals surface area contributed by atoms with Crippen LogP contribution in [0.5, 0.6) is 0 Å². The van der Waals surface area contributed by atoms with Crippen molar-refractivity contribution in [2.75, 3.05) is 20.3 Å². The predicted molar refractivity (Wildman–Crippen MR) is 80.7 cm³/mol. The number of carbonyl (C=O) groups is 2. The Morgan fingerprint density at radius 3 is 3.00 bits per heavy atom. The Hall–Kier alpha value is -1.36. The summed E-state index contributed by atoms with van der Waals surface area (Å²) < 4.78 is 5.11. The van der Waals surface area contributed by atoms with Gasteiger partial charge >= 0.3 is 0 Å². The van der Waals surface area contributed by atoms with Crippen molar-refractivity contribution in [2.24, 2.45) is 5.92 Å². The van der Waals surface area contributed by atoms with Gasteiger partial charge in [-0.3, -0.25) is 9.59 Å². The zero-order valence-electron chi connectivity index (χ0n) is 12.8. The molecule has 2 amide bonds. The molecule has 1 aliphatic carbocycles. The standard InChI is InChI=1S/C16H26N2O3/c1-21-11-14-13(7-8-15(19)18-14)16(20)17-10-9-12-5-3-2-4-6-12/h5,13-14H,2-4,6-11H2,1H3,(H,17,20)(H,18,19)/t13-,14-/m1/s1. The van der Waals surface area contributed by atoms with Crippen molar-refractivity contribution in [1.29, 1.82) is 0 Å². The molecule has 118 valence electrons. The monoisotopic (exact) mass is 294 g/mol. The summed E-state index contributed by atoms with van der Waals surface area (Å²) in [5.41, 5.74) is 1.46. The number of ether oxygens (including phenoxy) is 1. The van der Waals surface area contributed by atoms with Gasteiger partial charge in [0.05, 0.1) is 18.6 Å². The summed E-state index contributed by atoms with van der Waals surface area (Å²) in [6, 6.07) is -0.204. The van der Waals surface area contributed by atoms with Gasteiger partial charge in [0.2, 0.25) is 11.8 Å². The van der Waals surface area contributed by atoms with E-state index in [0.29, 0.717) is 26.0 Å². The third-order valence-electron chi connectivity index (χ3n) is 4.33. The first-order valence-corrected chi connectivity index (χ1v) is 7.94. The van der Waals surface area contributed by atoms with Crippen LogP contribution in [0, 0.1) is 5.92 Å². The fourth-order valence-corrected chi connectivity index (χ4v) is 3.13. The summed E-state index contributed by atoms with van der Waals surface area (Å²) in [4.78, 5) is 23.7. The van der Waals surface area contributed by atoms with Gasteiger partial charge in [-0.15, -0.1) is 0 Å². The highest BCUT2D eigenvalue weighted by Crippen LogP contribution is 2.20. The van der Waals surface area contributed by atoms with Crippen molar-refractivity contribution in [3.63, 3.8) is 0 Å². The number of methoxy groups -OCH3 is 1. The molecule has 1 aliphatic heterocycles. The lowest BCUT2D eigenvalue weighted by Crippen LogP contribution is -2.52. The number of nitrogens with one attached hydrogen (secondary N) is 2. The fraction of sp³-hybridized carbons (Fsp3) is 0.750. The third-order valence-corrected chi connectivity index (χ3v) is 4.33. The maximum atomic E-state index is 12.3. The molecular formula is C16H26N2O3. The summed E-state index contributed by atoms with van der Waals surface area (Å²) in [6.07, 6.45) is 9.18. The highest BCUT2D eigenvalue weighted by molar-refractivity contribution is 5.84. The normalized spacial score (nSPS) is 26.0. The number of carbonyl (C=O) groups excluding carboxylic acids is 2. The maximum Gasteiger partial charge on any atom is 0.225 e. The second-order valence-corrected chi connectivity index (χ2v) is 5.92. The van der Waals surface area contributed by atoms with E-state index < -0.39 is 0 Å². The van der Waals surface area contributed by atoms with Crippen molar-refractivity contribution in [3.05, 3.63) is 11.6 Å². The van der Waals surface area contributed by atoms with Crippen LogP contribution in [-0.2, 0) is 14.3 Å². The first-order valence-electron chi connectivity index (χ1n) is 7.94. The average Bonchev–Trinajstić information content (AvgIpc) is 2.49. The van der Waals surface area contributed by atoms with Gasteiger partial charge in [0, 0.05) is 20.1 Å². The lowest BCUT2D eigenvalue weighted by Gasteiger charge is -2.30. The van der Waals surface area contributed by atoms with E-state index in [1.807, 2.05) is 0 Å². The van der Waals surface area contributed by atoms with Crippen LogP contribution < -0.4 is 10.6 Å². The topological polar surface area (TPSA) is 67.4 Å². The van der Waals surface area contributed by atoms with Crippen LogP contribution >= 0.6 is 0 Å². The van der Waals surface area contributed by atoms with Gasteiger partial charge in [-0.25, -0.2) is 0 Å². The van der Waals surface area contributed by atoms with Crippen LogP contribution in [0.15, 0.2) is 11.6 Å². The molecular weight excluding hydrogens is 268 g/mol. The van der Waals surface area contributed by atoms with Crippen molar-refractivity contribution < 1.29 is 14.3 Å². The Bertz CT molecular complexity index is 406. The van der Waals surface area contributed by atoms with Crippen molar-refractivity contribution >= 4 is 11.8 Å². The summed E-state index contributed by atoms with van der Waals surface area (Å²) in [5.74, 6) is -0.134. The molecule has 1 heterocycles. The zero-order chi connectivity index (χ0) is 15.1. The largest absolute Gasteiger partial charge is 0.383 e. The summed E-state index contributed by atoms with van der Waals surface area (Å²) in [6.45, 7) is 1.07. The second kappa shape index (κ2) is 8.17. The Balaban J connectivity index is 1.78.